The number of benzene rings is 1. The molecule has 5 nitrogen and oxygen atoms in total. The number of hydrogen-bond acceptors (Lipinski definition) is 3. The number of anilines is 1. The van der Waals surface area contributed by atoms with Crippen molar-refractivity contribution in [2.45, 2.75) is 25.8 Å². The fraction of sp³-hybridized carbons (Fsp3) is 0.333. The fourth-order valence-corrected chi connectivity index (χ4v) is 1.38. The van der Waals surface area contributed by atoms with Crippen LogP contribution >= 0.6 is 0 Å². The van der Waals surface area contributed by atoms with Crippen molar-refractivity contribution in [2.75, 3.05) is 5.32 Å². The zero-order valence-electron chi connectivity index (χ0n) is 9.94. The Morgan fingerprint density at radius 3 is 2.72 bits per heavy atom. The Morgan fingerprint density at radius 2 is 2.17 bits per heavy atom. The number of nitrogens with one attached hydrogen (secondary N) is 1. The first-order chi connectivity index (χ1) is 8.40. The predicted octanol–water partition coefficient (Wildman–Crippen LogP) is 1.59. The van der Waals surface area contributed by atoms with Crippen molar-refractivity contribution in [3.63, 3.8) is 0 Å². The molecule has 1 unspecified atom stereocenters. The van der Waals surface area contributed by atoms with Crippen LogP contribution in [0.1, 0.15) is 30.1 Å². The summed E-state index contributed by atoms with van der Waals surface area (Å²) in [5.41, 5.74) is 5.31. The molecular weight excluding hydrogens is 239 g/mol. The van der Waals surface area contributed by atoms with E-state index in [9.17, 15) is 14.0 Å². The molecule has 1 rings (SSSR count). The first kappa shape index (κ1) is 14.1. The van der Waals surface area contributed by atoms with Crippen molar-refractivity contribution in [3.05, 3.63) is 29.6 Å². The van der Waals surface area contributed by atoms with Crippen LogP contribution in [-0.2, 0) is 4.79 Å². The smallest absolute Gasteiger partial charge is 0.337 e. The van der Waals surface area contributed by atoms with Crippen LogP contribution in [0, 0.1) is 5.82 Å². The molecular formula is C12H15FN2O3. The summed E-state index contributed by atoms with van der Waals surface area (Å²) in [7, 11) is 0. The Morgan fingerprint density at radius 1 is 1.50 bits per heavy atom. The number of halogens is 1. The third kappa shape index (κ3) is 4.14. The van der Waals surface area contributed by atoms with E-state index in [-0.39, 0.29) is 29.6 Å². The second kappa shape index (κ2) is 6.11. The summed E-state index contributed by atoms with van der Waals surface area (Å²) in [6.45, 7) is 1.76. The maximum atomic E-state index is 13.0. The Labute approximate surface area is 104 Å². The van der Waals surface area contributed by atoms with Gasteiger partial charge in [-0.2, -0.15) is 0 Å². The van der Waals surface area contributed by atoms with E-state index in [1.54, 1.807) is 6.92 Å². The lowest BCUT2D eigenvalue weighted by Gasteiger charge is -2.09. The maximum absolute atomic E-state index is 13.0. The number of carbonyl (C=O) groups excluding carboxylic acids is 1. The molecule has 0 saturated heterocycles. The van der Waals surface area contributed by atoms with Gasteiger partial charge in [0.15, 0.2) is 0 Å². The lowest BCUT2D eigenvalue weighted by atomic mass is 10.1. The van der Waals surface area contributed by atoms with Crippen LogP contribution in [0.5, 0.6) is 0 Å². The molecule has 0 fully saturated rings. The van der Waals surface area contributed by atoms with Crippen LogP contribution in [0.2, 0.25) is 0 Å². The molecule has 0 bridgehead atoms. The van der Waals surface area contributed by atoms with E-state index in [1.165, 1.54) is 0 Å². The molecule has 0 aromatic heterocycles. The van der Waals surface area contributed by atoms with Crippen molar-refractivity contribution >= 4 is 17.6 Å². The summed E-state index contributed by atoms with van der Waals surface area (Å²) in [4.78, 5) is 22.4. The largest absolute Gasteiger partial charge is 0.478 e. The SMILES string of the molecule is CC(N)CCC(=O)Nc1cc(F)ccc1C(=O)O. The summed E-state index contributed by atoms with van der Waals surface area (Å²) >= 11 is 0. The van der Waals surface area contributed by atoms with E-state index in [2.05, 4.69) is 5.32 Å². The van der Waals surface area contributed by atoms with Gasteiger partial charge in [-0.1, -0.05) is 0 Å². The van der Waals surface area contributed by atoms with Crippen LogP contribution < -0.4 is 11.1 Å². The van der Waals surface area contributed by atoms with Gasteiger partial charge >= 0.3 is 5.97 Å². The highest BCUT2D eigenvalue weighted by Crippen LogP contribution is 2.17. The van der Waals surface area contributed by atoms with Crippen molar-refractivity contribution in [3.8, 4) is 0 Å². The first-order valence-corrected chi connectivity index (χ1v) is 5.48. The Balaban J connectivity index is 2.79. The number of aromatic carboxylic acids is 1. The Hall–Kier alpha value is -1.95. The zero-order valence-corrected chi connectivity index (χ0v) is 9.94. The van der Waals surface area contributed by atoms with Crippen molar-refractivity contribution < 1.29 is 19.1 Å². The van der Waals surface area contributed by atoms with Crippen LogP contribution in [0.4, 0.5) is 10.1 Å². The van der Waals surface area contributed by atoms with Gasteiger partial charge in [0.2, 0.25) is 5.91 Å². The molecule has 1 amide bonds. The van der Waals surface area contributed by atoms with Gasteiger partial charge in [0.25, 0.3) is 0 Å². The summed E-state index contributed by atoms with van der Waals surface area (Å²) in [5.74, 6) is -2.22. The molecule has 0 spiro atoms. The highest BCUT2D eigenvalue weighted by atomic mass is 19.1. The van der Waals surface area contributed by atoms with Crippen molar-refractivity contribution in [1.82, 2.24) is 0 Å². The van der Waals surface area contributed by atoms with E-state index in [0.29, 0.717) is 6.42 Å². The lowest BCUT2D eigenvalue weighted by Crippen LogP contribution is -2.20. The molecule has 98 valence electrons. The predicted molar refractivity (Wildman–Crippen MR) is 64.9 cm³/mol. The van der Waals surface area contributed by atoms with Crippen LogP contribution in [0.3, 0.4) is 0 Å². The second-order valence-electron chi connectivity index (χ2n) is 4.06. The maximum Gasteiger partial charge on any atom is 0.337 e. The third-order valence-corrected chi connectivity index (χ3v) is 2.31. The normalized spacial score (nSPS) is 11.9. The highest BCUT2D eigenvalue weighted by Gasteiger charge is 2.13. The van der Waals surface area contributed by atoms with Gasteiger partial charge in [-0.15, -0.1) is 0 Å². The van der Waals surface area contributed by atoms with Gasteiger partial charge in [0, 0.05) is 12.5 Å². The number of rotatable bonds is 5. The van der Waals surface area contributed by atoms with E-state index in [0.717, 1.165) is 18.2 Å². The highest BCUT2D eigenvalue weighted by molar-refractivity contribution is 6.00. The molecule has 1 aromatic carbocycles. The topological polar surface area (TPSA) is 92.4 Å². The first-order valence-electron chi connectivity index (χ1n) is 5.48. The minimum absolute atomic E-state index is 0.0443. The number of amides is 1. The number of carboxylic acids is 1. The zero-order chi connectivity index (χ0) is 13.7. The summed E-state index contributed by atoms with van der Waals surface area (Å²) in [6, 6.07) is 3.00. The van der Waals surface area contributed by atoms with Crippen molar-refractivity contribution in [1.29, 1.82) is 0 Å². The summed E-state index contributed by atoms with van der Waals surface area (Å²) in [5, 5.41) is 11.3. The van der Waals surface area contributed by atoms with E-state index in [1.807, 2.05) is 0 Å². The van der Waals surface area contributed by atoms with Gasteiger partial charge in [-0.3, -0.25) is 4.79 Å². The number of nitrogens with two attached hydrogens (primary N) is 1. The molecule has 0 aliphatic carbocycles. The second-order valence-corrected chi connectivity index (χ2v) is 4.06. The fourth-order valence-electron chi connectivity index (χ4n) is 1.38. The van der Waals surface area contributed by atoms with Crippen LogP contribution in [0.15, 0.2) is 18.2 Å². The van der Waals surface area contributed by atoms with Crippen LogP contribution in [-0.4, -0.2) is 23.0 Å². The average Bonchev–Trinajstić information content (AvgIpc) is 2.26. The minimum Gasteiger partial charge on any atom is -0.478 e. The van der Waals surface area contributed by atoms with Gasteiger partial charge in [-0.05, 0) is 31.5 Å². The molecule has 0 aliphatic heterocycles. The molecule has 1 atom stereocenters. The standard InChI is InChI=1S/C12H15FN2O3/c1-7(14)2-5-11(16)15-10-6-8(13)3-4-9(10)12(17)18/h3-4,6-7H,2,5,14H2,1H3,(H,15,16)(H,17,18). The monoisotopic (exact) mass is 254 g/mol. The van der Waals surface area contributed by atoms with E-state index in [4.69, 9.17) is 10.8 Å². The van der Waals surface area contributed by atoms with Crippen molar-refractivity contribution in [2.24, 2.45) is 5.73 Å². The average molecular weight is 254 g/mol. The molecule has 0 heterocycles. The Kier molecular flexibility index (Phi) is 4.79. The molecule has 0 saturated carbocycles. The molecule has 0 radical (unpaired) electrons. The molecule has 6 heteroatoms. The quantitative estimate of drug-likeness (QED) is 0.744. The molecule has 1 aromatic rings. The number of carboxylic acid groups (broad SMARTS) is 1. The van der Waals surface area contributed by atoms with Crippen LogP contribution in [0.25, 0.3) is 0 Å². The number of hydrogen-bond donors (Lipinski definition) is 3. The van der Waals surface area contributed by atoms with E-state index >= 15 is 0 Å². The van der Waals surface area contributed by atoms with Gasteiger partial charge in [0.05, 0.1) is 11.3 Å². The van der Waals surface area contributed by atoms with E-state index < -0.39 is 11.8 Å². The Bertz CT molecular complexity index is 461. The van der Waals surface area contributed by atoms with Gasteiger partial charge in [-0.25, -0.2) is 9.18 Å². The van der Waals surface area contributed by atoms with Gasteiger partial charge < -0.3 is 16.2 Å². The molecule has 18 heavy (non-hydrogen) atoms. The summed E-state index contributed by atoms with van der Waals surface area (Å²) < 4.78 is 13.0. The summed E-state index contributed by atoms with van der Waals surface area (Å²) in [6.07, 6.45) is 0.636. The third-order valence-electron chi connectivity index (χ3n) is 2.31. The molecule has 4 N–H and O–H groups in total. The lowest BCUT2D eigenvalue weighted by molar-refractivity contribution is -0.116. The van der Waals surface area contributed by atoms with Gasteiger partial charge in [0.1, 0.15) is 5.82 Å². The molecule has 0 aliphatic rings. The number of carbonyl (C=O) groups is 2. The minimum atomic E-state index is -1.22.